The summed E-state index contributed by atoms with van der Waals surface area (Å²) >= 11 is 1.61. The number of carbonyl (C=O) groups excluding carboxylic acids is 1. The van der Waals surface area contributed by atoms with E-state index < -0.39 is 0 Å². The van der Waals surface area contributed by atoms with Gasteiger partial charge in [-0.2, -0.15) is 0 Å². The van der Waals surface area contributed by atoms with Crippen LogP contribution in [-0.2, 0) is 4.79 Å². The molecule has 0 bridgehead atoms. The first-order chi connectivity index (χ1) is 14.1. The van der Waals surface area contributed by atoms with E-state index in [1.165, 1.54) is 24.3 Å². The van der Waals surface area contributed by atoms with E-state index >= 15 is 0 Å². The Bertz CT molecular complexity index is 967. The van der Waals surface area contributed by atoms with Gasteiger partial charge >= 0.3 is 0 Å². The molecule has 0 aliphatic carbocycles. The summed E-state index contributed by atoms with van der Waals surface area (Å²) < 4.78 is 18.4. The number of carbonyl (C=O) groups is 1. The zero-order valence-corrected chi connectivity index (χ0v) is 16.9. The molecule has 1 fully saturated rings. The van der Waals surface area contributed by atoms with E-state index in [0.717, 1.165) is 22.1 Å². The number of thiazole rings is 1. The SMILES string of the molecule is Cc1csc(-c2ccc(N3CCN(C(=O)COc4ccc(F)cc4)CC3)nc2)n1. The Morgan fingerprint density at radius 1 is 1.14 bits per heavy atom. The molecule has 29 heavy (non-hydrogen) atoms. The number of aryl methyl sites for hydroxylation is 1. The second kappa shape index (κ2) is 8.57. The van der Waals surface area contributed by atoms with E-state index in [1.54, 1.807) is 16.2 Å². The summed E-state index contributed by atoms with van der Waals surface area (Å²) in [4.78, 5) is 25.4. The molecule has 1 aliphatic rings. The molecule has 8 heteroatoms. The highest BCUT2D eigenvalue weighted by atomic mass is 32.1. The first-order valence-corrected chi connectivity index (χ1v) is 10.3. The van der Waals surface area contributed by atoms with Crippen molar-refractivity contribution in [1.29, 1.82) is 0 Å². The fourth-order valence-electron chi connectivity index (χ4n) is 3.14. The van der Waals surface area contributed by atoms with E-state index in [9.17, 15) is 9.18 Å². The number of benzene rings is 1. The van der Waals surface area contributed by atoms with Gasteiger partial charge < -0.3 is 14.5 Å². The molecule has 3 aromatic rings. The van der Waals surface area contributed by atoms with Crippen LogP contribution in [0.1, 0.15) is 5.69 Å². The molecule has 1 amide bonds. The molecule has 150 valence electrons. The zero-order chi connectivity index (χ0) is 20.2. The van der Waals surface area contributed by atoms with E-state index in [4.69, 9.17) is 4.74 Å². The number of anilines is 1. The maximum atomic E-state index is 12.9. The Balaban J connectivity index is 1.28. The third kappa shape index (κ3) is 4.71. The van der Waals surface area contributed by atoms with Gasteiger partial charge in [0.2, 0.25) is 0 Å². The predicted molar refractivity (Wildman–Crippen MR) is 111 cm³/mol. The molecule has 0 unspecified atom stereocenters. The summed E-state index contributed by atoms with van der Waals surface area (Å²) in [5.41, 5.74) is 2.02. The van der Waals surface area contributed by atoms with Crippen LogP contribution in [0.4, 0.5) is 10.2 Å². The number of aromatic nitrogens is 2. The summed E-state index contributed by atoms with van der Waals surface area (Å²) in [5.74, 6) is 0.981. The van der Waals surface area contributed by atoms with Crippen LogP contribution in [0.15, 0.2) is 48.0 Å². The minimum Gasteiger partial charge on any atom is -0.484 e. The largest absolute Gasteiger partial charge is 0.484 e. The molecule has 0 N–H and O–H groups in total. The van der Waals surface area contributed by atoms with E-state index in [2.05, 4.69) is 14.9 Å². The minimum absolute atomic E-state index is 0.0498. The molecule has 3 heterocycles. The quantitative estimate of drug-likeness (QED) is 0.643. The molecule has 0 radical (unpaired) electrons. The third-order valence-corrected chi connectivity index (χ3v) is 5.76. The molecule has 1 saturated heterocycles. The van der Waals surface area contributed by atoms with Crippen LogP contribution in [0.25, 0.3) is 10.6 Å². The van der Waals surface area contributed by atoms with Gasteiger partial charge in [-0.15, -0.1) is 11.3 Å². The van der Waals surface area contributed by atoms with Crippen LogP contribution in [0.3, 0.4) is 0 Å². The van der Waals surface area contributed by atoms with Gasteiger partial charge in [0, 0.05) is 49.0 Å². The van der Waals surface area contributed by atoms with Gasteiger partial charge in [-0.1, -0.05) is 0 Å². The Morgan fingerprint density at radius 3 is 2.52 bits per heavy atom. The molecule has 6 nitrogen and oxygen atoms in total. The summed E-state index contributed by atoms with van der Waals surface area (Å²) in [6.45, 7) is 4.58. The highest BCUT2D eigenvalue weighted by molar-refractivity contribution is 7.13. The molecule has 0 spiro atoms. The minimum atomic E-state index is -0.330. The van der Waals surface area contributed by atoms with Gasteiger partial charge in [0.15, 0.2) is 6.61 Å². The number of hydrogen-bond acceptors (Lipinski definition) is 6. The van der Waals surface area contributed by atoms with Crippen LogP contribution in [-0.4, -0.2) is 53.6 Å². The summed E-state index contributed by atoms with van der Waals surface area (Å²) in [6.07, 6.45) is 1.85. The fraction of sp³-hybridized carbons (Fsp3) is 0.286. The fourth-order valence-corrected chi connectivity index (χ4v) is 3.93. The summed E-state index contributed by atoms with van der Waals surface area (Å²) in [7, 11) is 0. The van der Waals surface area contributed by atoms with Crippen molar-refractivity contribution >= 4 is 23.1 Å². The number of piperazine rings is 1. The average molecular weight is 412 g/mol. The van der Waals surface area contributed by atoms with Gasteiger partial charge in [0.25, 0.3) is 5.91 Å². The normalized spacial score (nSPS) is 14.1. The van der Waals surface area contributed by atoms with Crippen LogP contribution >= 0.6 is 11.3 Å². The van der Waals surface area contributed by atoms with Crippen LogP contribution in [0.2, 0.25) is 0 Å². The lowest BCUT2D eigenvalue weighted by Gasteiger charge is -2.35. The van der Waals surface area contributed by atoms with Crippen LogP contribution in [0, 0.1) is 12.7 Å². The van der Waals surface area contributed by atoms with Gasteiger partial charge in [-0.05, 0) is 43.3 Å². The molecule has 0 saturated carbocycles. The van der Waals surface area contributed by atoms with Gasteiger partial charge in [0.05, 0.1) is 0 Å². The number of amides is 1. The van der Waals surface area contributed by atoms with Gasteiger partial charge in [-0.25, -0.2) is 14.4 Å². The summed E-state index contributed by atoms with van der Waals surface area (Å²) in [5, 5.41) is 3.00. The van der Waals surface area contributed by atoms with Crippen molar-refractivity contribution < 1.29 is 13.9 Å². The van der Waals surface area contributed by atoms with E-state index in [0.29, 0.717) is 31.9 Å². The predicted octanol–water partition coefficient (Wildman–Crippen LogP) is 3.38. The second-order valence-corrected chi connectivity index (χ2v) is 7.67. The summed E-state index contributed by atoms with van der Waals surface area (Å²) in [6, 6.07) is 9.70. The monoisotopic (exact) mass is 412 g/mol. The molecule has 2 aromatic heterocycles. The third-order valence-electron chi connectivity index (χ3n) is 4.75. The van der Waals surface area contributed by atoms with Crippen molar-refractivity contribution in [3.05, 3.63) is 59.5 Å². The topological polar surface area (TPSA) is 58.6 Å². The van der Waals surface area contributed by atoms with Gasteiger partial charge in [-0.3, -0.25) is 4.79 Å². The first kappa shape index (κ1) is 19.3. The number of rotatable bonds is 5. The van der Waals surface area contributed by atoms with Crippen molar-refractivity contribution in [3.8, 4) is 16.3 Å². The van der Waals surface area contributed by atoms with Crippen molar-refractivity contribution in [2.45, 2.75) is 6.92 Å². The molecule has 1 aliphatic heterocycles. The highest BCUT2D eigenvalue weighted by Crippen LogP contribution is 2.24. The first-order valence-electron chi connectivity index (χ1n) is 9.38. The second-order valence-electron chi connectivity index (χ2n) is 6.81. The van der Waals surface area contributed by atoms with Crippen molar-refractivity contribution in [2.24, 2.45) is 0 Å². The number of halogens is 1. The molecule has 0 atom stereocenters. The van der Waals surface area contributed by atoms with E-state index in [1.807, 2.05) is 30.6 Å². The van der Waals surface area contributed by atoms with Crippen molar-refractivity contribution in [2.75, 3.05) is 37.7 Å². The Labute approximate surface area is 172 Å². The average Bonchev–Trinajstić information content (AvgIpc) is 3.20. The smallest absolute Gasteiger partial charge is 0.260 e. The molecular formula is C21H21FN4O2S. The lowest BCUT2D eigenvalue weighted by molar-refractivity contribution is -0.133. The lowest BCUT2D eigenvalue weighted by atomic mass is 10.2. The van der Waals surface area contributed by atoms with Crippen LogP contribution in [0.5, 0.6) is 5.75 Å². The Morgan fingerprint density at radius 2 is 1.90 bits per heavy atom. The number of hydrogen-bond donors (Lipinski definition) is 0. The highest BCUT2D eigenvalue weighted by Gasteiger charge is 2.22. The van der Waals surface area contributed by atoms with Gasteiger partial charge in [0.1, 0.15) is 22.4 Å². The van der Waals surface area contributed by atoms with Crippen molar-refractivity contribution in [3.63, 3.8) is 0 Å². The molecular weight excluding hydrogens is 391 g/mol. The standard InChI is InChI=1S/C21H21FN4O2S/c1-15-14-29-21(24-15)16-2-7-19(23-12-16)25-8-10-26(11-9-25)20(27)13-28-18-5-3-17(22)4-6-18/h2-7,12,14H,8-11,13H2,1H3. The Kier molecular flexibility index (Phi) is 5.71. The maximum Gasteiger partial charge on any atom is 0.260 e. The lowest BCUT2D eigenvalue weighted by Crippen LogP contribution is -2.50. The zero-order valence-electron chi connectivity index (χ0n) is 16.0. The number of ether oxygens (including phenoxy) is 1. The number of nitrogens with zero attached hydrogens (tertiary/aromatic N) is 4. The maximum absolute atomic E-state index is 12.9. The molecule has 4 rings (SSSR count). The Hall–Kier alpha value is -3.00. The molecule has 1 aromatic carbocycles. The van der Waals surface area contributed by atoms with E-state index in [-0.39, 0.29) is 18.3 Å². The van der Waals surface area contributed by atoms with Crippen molar-refractivity contribution in [1.82, 2.24) is 14.9 Å². The van der Waals surface area contributed by atoms with Crippen LogP contribution < -0.4 is 9.64 Å². The number of pyridine rings is 1.